The molecule has 1 atom stereocenters. The van der Waals surface area contributed by atoms with Gasteiger partial charge in [0.05, 0.1) is 6.61 Å². The van der Waals surface area contributed by atoms with Crippen molar-refractivity contribution in [1.29, 1.82) is 0 Å². The van der Waals surface area contributed by atoms with Gasteiger partial charge in [0.2, 0.25) is 0 Å². The normalized spacial score (nSPS) is 30.3. The molecule has 0 spiro atoms. The first-order valence-electron chi connectivity index (χ1n) is 2.27. The second-order valence-electron chi connectivity index (χ2n) is 2.22. The fourth-order valence-electron chi connectivity index (χ4n) is 0.402. The highest BCUT2D eigenvalue weighted by molar-refractivity contribution is 7.63. The Kier molecular flexibility index (Phi) is 1.01. The minimum absolute atomic E-state index is 0.104. The third-order valence-electron chi connectivity index (χ3n) is 1.01. The Bertz CT molecular complexity index is 111. The average molecular weight is 120 g/mol. The monoisotopic (exact) mass is 120 g/mol. The Labute approximate surface area is 43.2 Å². The van der Waals surface area contributed by atoms with Crippen LogP contribution in [0.3, 0.4) is 0 Å². The summed E-state index contributed by atoms with van der Waals surface area (Å²) >= 11 is 0. The van der Waals surface area contributed by atoms with E-state index in [0.29, 0.717) is 6.61 Å². The van der Waals surface area contributed by atoms with Crippen molar-refractivity contribution in [3.05, 3.63) is 0 Å². The molecule has 1 heterocycles. The standard InChI is InChI=1S/C4H9O2P/c1-7(2,5)4-3-6-4/h4H,3H2,1-2H3. The predicted octanol–water partition coefficient (Wildman–Crippen LogP) is 0.965. The molecule has 0 radical (unpaired) electrons. The molecule has 1 fully saturated rings. The van der Waals surface area contributed by atoms with E-state index in [4.69, 9.17) is 4.74 Å². The zero-order chi connectivity index (χ0) is 5.49. The molecular formula is C4H9O2P. The van der Waals surface area contributed by atoms with Crippen molar-refractivity contribution in [2.75, 3.05) is 19.9 Å². The minimum atomic E-state index is -1.85. The molecular weight excluding hydrogens is 111 g/mol. The van der Waals surface area contributed by atoms with Crippen LogP contribution in [0.25, 0.3) is 0 Å². The maximum Gasteiger partial charge on any atom is 0.133 e. The maximum atomic E-state index is 10.9. The van der Waals surface area contributed by atoms with Gasteiger partial charge in [-0.3, -0.25) is 0 Å². The lowest BCUT2D eigenvalue weighted by Gasteiger charge is -1.95. The van der Waals surface area contributed by atoms with Crippen LogP contribution in [0.4, 0.5) is 0 Å². The zero-order valence-electron chi connectivity index (χ0n) is 4.55. The van der Waals surface area contributed by atoms with Crippen LogP contribution in [0.2, 0.25) is 0 Å². The summed E-state index contributed by atoms with van der Waals surface area (Å²) in [7, 11) is -1.85. The Balaban J connectivity index is 2.52. The lowest BCUT2D eigenvalue weighted by Crippen LogP contribution is -1.82. The second-order valence-corrected chi connectivity index (χ2v) is 5.67. The molecule has 0 aromatic rings. The lowest BCUT2D eigenvalue weighted by molar-refractivity contribution is 0.447. The van der Waals surface area contributed by atoms with Crippen LogP contribution in [0.1, 0.15) is 0 Å². The number of epoxide rings is 1. The summed E-state index contributed by atoms with van der Waals surface area (Å²) < 4.78 is 15.7. The molecule has 1 aliphatic heterocycles. The van der Waals surface area contributed by atoms with Crippen molar-refractivity contribution in [1.82, 2.24) is 0 Å². The number of ether oxygens (including phenoxy) is 1. The van der Waals surface area contributed by atoms with Crippen molar-refractivity contribution in [2.45, 2.75) is 5.85 Å². The third-order valence-corrected chi connectivity index (χ3v) is 2.69. The van der Waals surface area contributed by atoms with E-state index in [1.165, 1.54) is 0 Å². The topological polar surface area (TPSA) is 29.6 Å². The van der Waals surface area contributed by atoms with Crippen LogP contribution in [-0.4, -0.2) is 25.8 Å². The van der Waals surface area contributed by atoms with E-state index in [1.807, 2.05) is 0 Å². The third kappa shape index (κ3) is 1.29. The molecule has 3 heteroatoms. The van der Waals surface area contributed by atoms with Crippen LogP contribution in [0.5, 0.6) is 0 Å². The first-order chi connectivity index (χ1) is 3.11. The Hall–Kier alpha value is 0.190. The van der Waals surface area contributed by atoms with Gasteiger partial charge in [-0.2, -0.15) is 0 Å². The summed E-state index contributed by atoms with van der Waals surface area (Å²) in [6.07, 6.45) is 0. The molecule has 0 aromatic carbocycles. The number of hydrogen-bond donors (Lipinski definition) is 0. The van der Waals surface area contributed by atoms with E-state index in [1.54, 1.807) is 13.3 Å². The van der Waals surface area contributed by atoms with Crippen molar-refractivity contribution >= 4 is 7.14 Å². The van der Waals surface area contributed by atoms with Gasteiger partial charge in [0, 0.05) is 0 Å². The van der Waals surface area contributed by atoms with E-state index >= 15 is 0 Å². The van der Waals surface area contributed by atoms with Gasteiger partial charge in [-0.15, -0.1) is 0 Å². The fraction of sp³-hybridized carbons (Fsp3) is 1.00. The first kappa shape index (κ1) is 5.33. The molecule has 7 heavy (non-hydrogen) atoms. The summed E-state index contributed by atoms with van der Waals surface area (Å²) in [5, 5.41) is 0. The van der Waals surface area contributed by atoms with Gasteiger partial charge in [0.25, 0.3) is 0 Å². The van der Waals surface area contributed by atoms with E-state index in [9.17, 15) is 4.57 Å². The highest BCUT2D eigenvalue weighted by atomic mass is 31.2. The van der Waals surface area contributed by atoms with Gasteiger partial charge in [0.15, 0.2) is 0 Å². The largest absolute Gasteiger partial charge is 0.365 e. The SMILES string of the molecule is CP(C)(=O)C1CO1. The fourth-order valence-corrected chi connectivity index (χ4v) is 1.21. The minimum Gasteiger partial charge on any atom is -0.365 e. The van der Waals surface area contributed by atoms with Crippen molar-refractivity contribution < 1.29 is 9.30 Å². The molecule has 1 rings (SSSR count). The molecule has 42 valence electrons. The highest BCUT2D eigenvalue weighted by Gasteiger charge is 2.34. The van der Waals surface area contributed by atoms with Crippen molar-refractivity contribution in [3.63, 3.8) is 0 Å². The maximum absolute atomic E-state index is 10.9. The quantitative estimate of drug-likeness (QED) is 0.381. The summed E-state index contributed by atoms with van der Waals surface area (Å²) in [5.41, 5.74) is 0. The summed E-state index contributed by atoms with van der Waals surface area (Å²) in [6.45, 7) is 4.22. The number of rotatable bonds is 1. The zero-order valence-corrected chi connectivity index (χ0v) is 5.44. The molecule has 1 aliphatic rings. The first-order valence-corrected chi connectivity index (χ1v) is 4.94. The smallest absolute Gasteiger partial charge is 0.133 e. The van der Waals surface area contributed by atoms with Crippen LogP contribution < -0.4 is 0 Å². The van der Waals surface area contributed by atoms with Gasteiger partial charge in [-0.25, -0.2) is 0 Å². The second kappa shape index (κ2) is 1.33. The molecule has 0 amide bonds. The molecule has 1 saturated heterocycles. The Morgan fingerprint density at radius 2 is 2.14 bits per heavy atom. The van der Waals surface area contributed by atoms with Gasteiger partial charge >= 0.3 is 0 Å². The van der Waals surface area contributed by atoms with Gasteiger partial charge < -0.3 is 9.30 Å². The Morgan fingerprint density at radius 1 is 1.71 bits per heavy atom. The average Bonchev–Trinajstić information content (AvgIpc) is 1.99. The molecule has 0 bridgehead atoms. The molecule has 0 aliphatic carbocycles. The van der Waals surface area contributed by atoms with E-state index < -0.39 is 7.14 Å². The van der Waals surface area contributed by atoms with Gasteiger partial charge in [-0.05, 0) is 13.3 Å². The molecule has 1 unspecified atom stereocenters. The van der Waals surface area contributed by atoms with Gasteiger partial charge in [0.1, 0.15) is 13.0 Å². The van der Waals surface area contributed by atoms with Crippen LogP contribution in [0.15, 0.2) is 0 Å². The van der Waals surface area contributed by atoms with E-state index in [0.717, 1.165) is 0 Å². The van der Waals surface area contributed by atoms with Crippen molar-refractivity contribution in [2.24, 2.45) is 0 Å². The van der Waals surface area contributed by atoms with Crippen molar-refractivity contribution in [3.8, 4) is 0 Å². The summed E-state index contributed by atoms with van der Waals surface area (Å²) in [6, 6.07) is 0. The Morgan fingerprint density at radius 3 is 2.14 bits per heavy atom. The molecule has 2 nitrogen and oxygen atoms in total. The highest BCUT2D eigenvalue weighted by Crippen LogP contribution is 2.49. The molecule has 0 aromatic heterocycles. The number of hydrogen-bond acceptors (Lipinski definition) is 2. The summed E-state index contributed by atoms with van der Waals surface area (Å²) in [5.74, 6) is 0.104. The molecule has 0 saturated carbocycles. The molecule has 0 N–H and O–H groups in total. The summed E-state index contributed by atoms with van der Waals surface area (Å²) in [4.78, 5) is 0. The van der Waals surface area contributed by atoms with E-state index in [-0.39, 0.29) is 5.85 Å². The van der Waals surface area contributed by atoms with Gasteiger partial charge in [-0.1, -0.05) is 0 Å². The predicted molar refractivity (Wildman–Crippen MR) is 29.2 cm³/mol. The van der Waals surface area contributed by atoms with Crippen LogP contribution >= 0.6 is 7.14 Å². The van der Waals surface area contributed by atoms with E-state index in [2.05, 4.69) is 0 Å². The van der Waals surface area contributed by atoms with Crippen LogP contribution in [0, 0.1) is 0 Å². The lowest BCUT2D eigenvalue weighted by atomic mass is 11.0. The van der Waals surface area contributed by atoms with Crippen LogP contribution in [-0.2, 0) is 9.30 Å².